The Morgan fingerprint density at radius 1 is 1.29 bits per heavy atom. The van der Waals surface area contributed by atoms with Crippen LogP contribution in [0.4, 0.5) is 4.79 Å². The Morgan fingerprint density at radius 2 is 1.79 bits per heavy atom. The van der Waals surface area contributed by atoms with Crippen LogP contribution in [0.1, 0.15) is 1.43 Å². The van der Waals surface area contributed by atoms with Crippen molar-refractivity contribution in [3.8, 4) is 5.75 Å². The molecule has 5 nitrogen and oxygen atoms in total. The average molecular weight is 226 g/mol. The third-order valence-electron chi connectivity index (χ3n) is 1.16. The van der Waals surface area contributed by atoms with Gasteiger partial charge in [-0.3, -0.25) is 0 Å². The zero-order chi connectivity index (χ0) is 9.90. The second kappa shape index (κ2) is 5.35. The van der Waals surface area contributed by atoms with Crippen LogP contribution in [0.5, 0.6) is 5.75 Å². The van der Waals surface area contributed by atoms with E-state index in [2.05, 4.69) is 4.18 Å². The molecule has 0 heterocycles. The van der Waals surface area contributed by atoms with E-state index in [1.165, 1.54) is 24.3 Å². The molecule has 0 spiro atoms. The largest absolute Gasteiger partial charge is 1.00 e. The smallest absolute Gasteiger partial charge is 1.00 e. The summed E-state index contributed by atoms with van der Waals surface area (Å²) >= 11 is 0. The zero-order valence-electron chi connectivity index (χ0n) is 8.38. The van der Waals surface area contributed by atoms with E-state index in [0.29, 0.717) is 0 Å². The van der Waals surface area contributed by atoms with Crippen LogP contribution in [0.15, 0.2) is 30.3 Å². The van der Waals surface area contributed by atoms with Gasteiger partial charge in [0.25, 0.3) is 0 Å². The summed E-state index contributed by atoms with van der Waals surface area (Å²) in [7, 11) is -4.53. The molecule has 0 aliphatic heterocycles. The molecule has 72 valence electrons. The summed E-state index contributed by atoms with van der Waals surface area (Å²) in [6.45, 7) is 0. The minimum absolute atomic E-state index is 0. The van der Waals surface area contributed by atoms with Gasteiger partial charge in [-0.05, 0) is 12.1 Å². The predicted molar refractivity (Wildman–Crippen MR) is 45.1 cm³/mol. The molecular weight excluding hydrogens is 219 g/mol. The van der Waals surface area contributed by atoms with Crippen molar-refractivity contribution in [2.75, 3.05) is 0 Å². The second-order valence-corrected chi connectivity index (χ2v) is 3.54. The Balaban J connectivity index is 0. The number of para-hydroxylation sites is 1. The van der Waals surface area contributed by atoms with Gasteiger partial charge in [0.1, 0.15) is 5.75 Å². The molecule has 0 radical (unpaired) electrons. The fourth-order valence-corrected chi connectivity index (χ4v) is 1.07. The first-order chi connectivity index (χ1) is 6.02. The SMILES string of the molecule is O=C(O)S(=O)(=O)Oc1ccccc1.[H-].[Na+]. The molecule has 0 unspecified atom stereocenters. The van der Waals surface area contributed by atoms with Gasteiger partial charge in [0.15, 0.2) is 0 Å². The quantitative estimate of drug-likeness (QED) is 0.475. The molecule has 0 atom stereocenters. The molecule has 1 aromatic rings. The van der Waals surface area contributed by atoms with Gasteiger partial charge in [-0.15, -0.1) is 0 Å². The summed E-state index contributed by atoms with van der Waals surface area (Å²) < 4.78 is 25.6. The molecule has 1 rings (SSSR count). The minimum atomic E-state index is -4.53. The fourth-order valence-electron chi connectivity index (χ4n) is 0.638. The number of carbonyl (C=O) groups is 1. The van der Waals surface area contributed by atoms with E-state index in [9.17, 15) is 13.2 Å². The third-order valence-corrected chi connectivity index (χ3v) is 2.00. The summed E-state index contributed by atoms with van der Waals surface area (Å²) in [6, 6.07) is 7.42. The summed E-state index contributed by atoms with van der Waals surface area (Å²) in [4.78, 5) is 10.1. The van der Waals surface area contributed by atoms with Crippen LogP contribution >= 0.6 is 0 Å². The van der Waals surface area contributed by atoms with Gasteiger partial charge in [0.2, 0.25) is 0 Å². The molecule has 0 saturated heterocycles. The summed E-state index contributed by atoms with van der Waals surface area (Å²) in [5.74, 6) is -0.0232. The Hall–Kier alpha value is -0.560. The average Bonchev–Trinajstić information content (AvgIpc) is 2.05. The number of hydrogen-bond donors (Lipinski definition) is 1. The van der Waals surface area contributed by atoms with Gasteiger partial charge < -0.3 is 10.7 Å². The Kier molecular flexibility index (Phi) is 5.14. The van der Waals surface area contributed by atoms with Gasteiger partial charge in [0.05, 0.1) is 0 Å². The van der Waals surface area contributed by atoms with E-state index in [1.807, 2.05) is 0 Å². The molecule has 0 bridgehead atoms. The molecule has 0 saturated carbocycles. The third kappa shape index (κ3) is 3.67. The van der Waals surface area contributed by atoms with E-state index in [0.717, 1.165) is 0 Å². The number of carboxylic acid groups (broad SMARTS) is 1. The van der Waals surface area contributed by atoms with Crippen molar-refractivity contribution in [1.29, 1.82) is 0 Å². The Labute approximate surface area is 105 Å². The van der Waals surface area contributed by atoms with Crippen LogP contribution in [0.3, 0.4) is 0 Å². The van der Waals surface area contributed by atoms with Crippen molar-refractivity contribution in [2.24, 2.45) is 0 Å². The normalized spacial score (nSPS) is 10.0. The van der Waals surface area contributed by atoms with Crippen molar-refractivity contribution in [2.45, 2.75) is 0 Å². The first kappa shape index (κ1) is 13.4. The summed E-state index contributed by atoms with van der Waals surface area (Å²) in [5, 5.41) is 6.19. The zero-order valence-corrected chi connectivity index (χ0v) is 10.2. The van der Waals surface area contributed by atoms with Gasteiger partial charge in [-0.1, -0.05) is 18.2 Å². The Bertz CT molecular complexity index is 405. The molecule has 1 N–H and O–H groups in total. The molecule has 0 aliphatic rings. The molecule has 0 fully saturated rings. The van der Waals surface area contributed by atoms with E-state index >= 15 is 0 Å². The van der Waals surface area contributed by atoms with Crippen molar-refractivity contribution < 1.29 is 53.5 Å². The summed E-state index contributed by atoms with van der Waals surface area (Å²) in [6.07, 6.45) is 0. The molecule has 14 heavy (non-hydrogen) atoms. The molecule has 0 amide bonds. The van der Waals surface area contributed by atoms with Crippen molar-refractivity contribution in [1.82, 2.24) is 0 Å². The first-order valence-corrected chi connectivity index (χ1v) is 4.65. The van der Waals surface area contributed by atoms with E-state index < -0.39 is 15.4 Å². The first-order valence-electron chi connectivity index (χ1n) is 3.25. The van der Waals surface area contributed by atoms with Gasteiger partial charge in [-0.25, -0.2) is 4.79 Å². The topological polar surface area (TPSA) is 80.7 Å². The maximum Gasteiger partial charge on any atom is 1.00 e. The monoisotopic (exact) mass is 226 g/mol. The van der Waals surface area contributed by atoms with Crippen LogP contribution in [-0.2, 0) is 10.1 Å². The summed E-state index contributed by atoms with van der Waals surface area (Å²) in [5.41, 5.74) is 0. The minimum Gasteiger partial charge on any atom is -1.00 e. The second-order valence-electron chi connectivity index (χ2n) is 2.12. The van der Waals surface area contributed by atoms with Crippen LogP contribution in [-0.4, -0.2) is 18.8 Å². The number of hydrogen-bond acceptors (Lipinski definition) is 4. The number of benzene rings is 1. The van der Waals surface area contributed by atoms with Gasteiger partial charge >= 0.3 is 45.0 Å². The van der Waals surface area contributed by atoms with Crippen LogP contribution < -0.4 is 33.7 Å². The fraction of sp³-hybridized carbons (Fsp3) is 0. The maximum atomic E-state index is 10.7. The van der Waals surface area contributed by atoms with Crippen LogP contribution in [0.2, 0.25) is 0 Å². The molecule has 1 aromatic carbocycles. The molecular formula is C7H7NaO5S. The van der Waals surface area contributed by atoms with Gasteiger partial charge in [0, 0.05) is 0 Å². The van der Waals surface area contributed by atoms with Crippen molar-refractivity contribution >= 4 is 15.4 Å². The van der Waals surface area contributed by atoms with E-state index in [1.54, 1.807) is 6.07 Å². The maximum absolute atomic E-state index is 10.7. The van der Waals surface area contributed by atoms with E-state index in [-0.39, 0.29) is 36.7 Å². The van der Waals surface area contributed by atoms with Crippen LogP contribution in [0, 0.1) is 0 Å². The van der Waals surface area contributed by atoms with Crippen molar-refractivity contribution in [3.05, 3.63) is 30.3 Å². The van der Waals surface area contributed by atoms with E-state index in [4.69, 9.17) is 5.11 Å². The molecule has 0 aromatic heterocycles. The standard InChI is InChI=1S/C7H6O5S.Na.H/c8-7(9)13(10,11)12-6-4-2-1-3-5-6;;/h1-5H,(H,8,9);;/q;+1;-1. The Morgan fingerprint density at radius 3 is 2.21 bits per heavy atom. The van der Waals surface area contributed by atoms with Gasteiger partial charge in [-0.2, -0.15) is 8.42 Å². The van der Waals surface area contributed by atoms with Crippen LogP contribution in [0.25, 0.3) is 0 Å². The number of rotatable bonds is 2. The predicted octanol–water partition coefficient (Wildman–Crippen LogP) is -1.81. The van der Waals surface area contributed by atoms with Crippen molar-refractivity contribution in [3.63, 3.8) is 0 Å². The molecule has 7 heteroatoms. The molecule has 0 aliphatic carbocycles.